The van der Waals surface area contributed by atoms with Crippen LogP contribution in [0.2, 0.25) is 0 Å². The maximum absolute atomic E-state index is 6.34. The molecule has 114 valence electrons. The zero-order chi connectivity index (χ0) is 14.3. The largest absolute Gasteiger partial charge is 0.380 e. The van der Waals surface area contributed by atoms with Crippen LogP contribution in [0.15, 0.2) is 0 Å². The van der Waals surface area contributed by atoms with Gasteiger partial charge in [0.25, 0.3) is 0 Å². The number of rotatable bonds is 8. The highest BCUT2D eigenvalue weighted by atomic mass is 16.5. The predicted molar refractivity (Wildman–Crippen MR) is 82.3 cm³/mol. The van der Waals surface area contributed by atoms with Gasteiger partial charge in [0.15, 0.2) is 0 Å². The van der Waals surface area contributed by atoms with Crippen LogP contribution < -0.4 is 5.73 Å². The molecule has 0 heterocycles. The molecule has 19 heavy (non-hydrogen) atoms. The number of likely N-dealkylation sites (N-methyl/N-ethyl adjacent to an activating group) is 1. The Bertz CT molecular complexity index is 233. The molecule has 0 saturated heterocycles. The second-order valence-electron chi connectivity index (χ2n) is 6.33. The van der Waals surface area contributed by atoms with Crippen molar-refractivity contribution in [3.8, 4) is 0 Å². The fourth-order valence-corrected chi connectivity index (χ4v) is 3.19. The number of nitrogens with two attached hydrogens (primary N) is 1. The lowest BCUT2D eigenvalue weighted by Crippen LogP contribution is -2.44. The lowest BCUT2D eigenvalue weighted by molar-refractivity contribution is 0.0917. The van der Waals surface area contributed by atoms with E-state index in [4.69, 9.17) is 10.5 Å². The number of nitrogens with zero attached hydrogens (tertiary/aromatic N) is 1. The molecule has 0 aromatic carbocycles. The first-order chi connectivity index (χ1) is 9.08. The molecule has 0 amide bonds. The minimum Gasteiger partial charge on any atom is -0.380 e. The summed E-state index contributed by atoms with van der Waals surface area (Å²) in [6.07, 6.45) is 3.83. The van der Waals surface area contributed by atoms with E-state index in [-0.39, 0.29) is 0 Å². The van der Waals surface area contributed by atoms with Gasteiger partial charge < -0.3 is 15.4 Å². The molecule has 0 spiro atoms. The van der Waals surface area contributed by atoms with Gasteiger partial charge in [0.05, 0.1) is 6.61 Å². The van der Waals surface area contributed by atoms with Crippen LogP contribution in [0.3, 0.4) is 0 Å². The van der Waals surface area contributed by atoms with Gasteiger partial charge in [-0.15, -0.1) is 0 Å². The highest BCUT2D eigenvalue weighted by molar-refractivity contribution is 4.85. The van der Waals surface area contributed by atoms with E-state index in [0.717, 1.165) is 44.7 Å². The van der Waals surface area contributed by atoms with Gasteiger partial charge in [0.1, 0.15) is 0 Å². The maximum Gasteiger partial charge on any atom is 0.0593 e. The highest BCUT2D eigenvalue weighted by Crippen LogP contribution is 2.33. The molecule has 3 unspecified atom stereocenters. The molecular formula is C16H34N2O. The molecule has 1 fully saturated rings. The number of ether oxygens (including phenoxy) is 1. The summed E-state index contributed by atoms with van der Waals surface area (Å²) in [5, 5.41) is 0. The van der Waals surface area contributed by atoms with Gasteiger partial charge in [0, 0.05) is 25.7 Å². The van der Waals surface area contributed by atoms with Crippen LogP contribution in [0.25, 0.3) is 0 Å². The molecule has 1 aliphatic rings. The van der Waals surface area contributed by atoms with Crippen molar-refractivity contribution in [2.75, 3.05) is 32.8 Å². The summed E-state index contributed by atoms with van der Waals surface area (Å²) >= 11 is 0. The van der Waals surface area contributed by atoms with Gasteiger partial charge in [0.2, 0.25) is 0 Å². The van der Waals surface area contributed by atoms with E-state index in [1.807, 2.05) is 0 Å². The standard InChI is InChI=1S/C16H34N2O/c1-5-18(9-10-19-6-2)12-15-11-14(13(3)4)7-8-16(15)17/h13-16H,5-12,17H2,1-4H3. The maximum atomic E-state index is 6.34. The van der Waals surface area contributed by atoms with Crippen molar-refractivity contribution >= 4 is 0 Å². The monoisotopic (exact) mass is 270 g/mol. The summed E-state index contributed by atoms with van der Waals surface area (Å²) in [4.78, 5) is 2.50. The first-order valence-corrected chi connectivity index (χ1v) is 8.14. The molecule has 3 nitrogen and oxygen atoms in total. The molecule has 0 aromatic heterocycles. The molecule has 2 N–H and O–H groups in total. The zero-order valence-electron chi connectivity index (χ0n) is 13.4. The van der Waals surface area contributed by atoms with Gasteiger partial charge in [-0.1, -0.05) is 20.8 Å². The van der Waals surface area contributed by atoms with Crippen LogP contribution in [0, 0.1) is 17.8 Å². The molecular weight excluding hydrogens is 236 g/mol. The van der Waals surface area contributed by atoms with E-state index in [1.165, 1.54) is 19.3 Å². The van der Waals surface area contributed by atoms with Crippen LogP contribution in [-0.2, 0) is 4.74 Å². The van der Waals surface area contributed by atoms with E-state index < -0.39 is 0 Å². The number of hydrogen-bond donors (Lipinski definition) is 1. The minimum atomic E-state index is 0.399. The topological polar surface area (TPSA) is 38.5 Å². The van der Waals surface area contributed by atoms with Gasteiger partial charge in [-0.05, 0) is 50.5 Å². The van der Waals surface area contributed by atoms with Crippen LogP contribution in [0.1, 0.15) is 47.0 Å². The normalized spacial score (nSPS) is 28.3. The first-order valence-electron chi connectivity index (χ1n) is 8.14. The first kappa shape index (κ1) is 16.9. The summed E-state index contributed by atoms with van der Waals surface area (Å²) in [6.45, 7) is 13.9. The van der Waals surface area contributed by atoms with Gasteiger partial charge in [-0.2, -0.15) is 0 Å². The number of hydrogen-bond acceptors (Lipinski definition) is 3. The van der Waals surface area contributed by atoms with Crippen molar-refractivity contribution < 1.29 is 4.74 Å². The van der Waals surface area contributed by atoms with Crippen molar-refractivity contribution in [1.29, 1.82) is 0 Å². The van der Waals surface area contributed by atoms with Gasteiger partial charge >= 0.3 is 0 Å². The van der Waals surface area contributed by atoms with Crippen molar-refractivity contribution in [2.45, 2.75) is 53.0 Å². The third-order valence-corrected chi connectivity index (χ3v) is 4.72. The molecule has 3 atom stereocenters. The summed E-state index contributed by atoms with van der Waals surface area (Å²) in [7, 11) is 0. The summed E-state index contributed by atoms with van der Waals surface area (Å²) in [5.41, 5.74) is 6.34. The van der Waals surface area contributed by atoms with Gasteiger partial charge in [-0.3, -0.25) is 0 Å². The lowest BCUT2D eigenvalue weighted by Gasteiger charge is -2.38. The predicted octanol–water partition coefficient (Wildman–Crippen LogP) is 2.74. The molecule has 3 heteroatoms. The van der Waals surface area contributed by atoms with Crippen molar-refractivity contribution in [3.05, 3.63) is 0 Å². The smallest absolute Gasteiger partial charge is 0.0593 e. The summed E-state index contributed by atoms with van der Waals surface area (Å²) in [6, 6.07) is 0.399. The van der Waals surface area contributed by atoms with Crippen LogP contribution in [-0.4, -0.2) is 43.8 Å². The van der Waals surface area contributed by atoms with Gasteiger partial charge in [-0.25, -0.2) is 0 Å². The van der Waals surface area contributed by atoms with Crippen LogP contribution >= 0.6 is 0 Å². The van der Waals surface area contributed by atoms with Crippen molar-refractivity contribution in [1.82, 2.24) is 4.90 Å². The Kier molecular flexibility index (Phi) is 7.96. The molecule has 1 rings (SSSR count). The quantitative estimate of drug-likeness (QED) is 0.689. The fourth-order valence-electron chi connectivity index (χ4n) is 3.19. The highest BCUT2D eigenvalue weighted by Gasteiger charge is 2.30. The van der Waals surface area contributed by atoms with E-state index in [9.17, 15) is 0 Å². The molecule has 1 aliphatic carbocycles. The molecule has 0 bridgehead atoms. The van der Waals surface area contributed by atoms with E-state index in [1.54, 1.807) is 0 Å². The molecule has 1 saturated carbocycles. The SMILES string of the molecule is CCOCCN(CC)CC1CC(C(C)C)CCC1N. The minimum absolute atomic E-state index is 0.399. The lowest BCUT2D eigenvalue weighted by atomic mass is 9.73. The second-order valence-corrected chi connectivity index (χ2v) is 6.33. The van der Waals surface area contributed by atoms with Crippen LogP contribution in [0.4, 0.5) is 0 Å². The Morgan fingerprint density at radius 1 is 1.26 bits per heavy atom. The Labute approximate surface area is 119 Å². The molecule has 0 aromatic rings. The van der Waals surface area contributed by atoms with Crippen LogP contribution in [0.5, 0.6) is 0 Å². The zero-order valence-corrected chi connectivity index (χ0v) is 13.4. The fraction of sp³-hybridized carbons (Fsp3) is 1.00. The van der Waals surface area contributed by atoms with Crippen molar-refractivity contribution in [3.63, 3.8) is 0 Å². The third-order valence-electron chi connectivity index (χ3n) is 4.72. The van der Waals surface area contributed by atoms with Crippen molar-refractivity contribution in [2.24, 2.45) is 23.5 Å². The molecule has 0 aliphatic heterocycles. The summed E-state index contributed by atoms with van der Waals surface area (Å²) in [5.74, 6) is 2.34. The Balaban J connectivity index is 2.42. The average molecular weight is 270 g/mol. The average Bonchev–Trinajstić information content (AvgIpc) is 2.39. The Morgan fingerprint density at radius 2 is 2.00 bits per heavy atom. The van der Waals surface area contributed by atoms with E-state index in [0.29, 0.717) is 12.0 Å². The Morgan fingerprint density at radius 3 is 2.58 bits per heavy atom. The molecule has 0 radical (unpaired) electrons. The van der Waals surface area contributed by atoms with E-state index >= 15 is 0 Å². The summed E-state index contributed by atoms with van der Waals surface area (Å²) < 4.78 is 5.47. The van der Waals surface area contributed by atoms with E-state index in [2.05, 4.69) is 32.6 Å². The second kappa shape index (κ2) is 8.93. The third kappa shape index (κ3) is 5.80. The Hall–Kier alpha value is -0.120.